The summed E-state index contributed by atoms with van der Waals surface area (Å²) in [5.74, 6) is 0.594. The number of rotatable bonds is 4. The van der Waals surface area contributed by atoms with Crippen LogP contribution < -0.4 is 11.1 Å². The summed E-state index contributed by atoms with van der Waals surface area (Å²) in [6.07, 6.45) is 9.80. The minimum atomic E-state index is -0.526. The highest BCUT2D eigenvalue weighted by molar-refractivity contribution is 5.20. The Bertz CT molecular complexity index is 951. The fraction of sp³-hybridized carbons (Fsp3) is 0.312. The molecule has 8 nitrogen and oxygen atoms in total. The summed E-state index contributed by atoms with van der Waals surface area (Å²) in [5, 5.41) is 12.3. The third-order valence-electron chi connectivity index (χ3n) is 4.33. The molecule has 1 fully saturated rings. The van der Waals surface area contributed by atoms with Crippen LogP contribution in [0, 0.1) is 0 Å². The molecule has 1 aliphatic carbocycles. The van der Waals surface area contributed by atoms with Gasteiger partial charge in [0.15, 0.2) is 5.82 Å². The lowest BCUT2D eigenvalue weighted by Crippen LogP contribution is -2.43. The molecule has 3 aromatic heterocycles. The topological polar surface area (TPSA) is 87.6 Å². The maximum Gasteiger partial charge on any atom is 0.316 e. The van der Waals surface area contributed by atoms with Gasteiger partial charge in [-0.1, -0.05) is 0 Å². The van der Waals surface area contributed by atoms with Crippen LogP contribution in [-0.2, 0) is 6.54 Å². The average Bonchev–Trinajstić information content (AvgIpc) is 3.08. The van der Waals surface area contributed by atoms with Gasteiger partial charge in [-0.2, -0.15) is 10.2 Å². The molecule has 0 unspecified atom stereocenters. The molecule has 0 radical (unpaired) electrons. The molecule has 0 aromatic carbocycles. The van der Waals surface area contributed by atoms with E-state index in [4.69, 9.17) is 0 Å². The van der Waals surface area contributed by atoms with Gasteiger partial charge in [0.2, 0.25) is 0 Å². The van der Waals surface area contributed by atoms with E-state index in [2.05, 4.69) is 15.3 Å². The van der Waals surface area contributed by atoms with E-state index in [1.165, 1.54) is 4.57 Å². The fourth-order valence-electron chi connectivity index (χ4n) is 2.74. The number of nitrogens with zero attached hydrogens (tertiary/aromatic N) is 6. The highest BCUT2D eigenvalue weighted by Crippen LogP contribution is 2.29. The second kappa shape index (κ2) is 5.88. The molecule has 0 spiro atoms. The van der Waals surface area contributed by atoms with Gasteiger partial charge in [-0.3, -0.25) is 9.59 Å². The summed E-state index contributed by atoms with van der Waals surface area (Å²) in [6.45, 7) is 0.214. The first-order chi connectivity index (χ1) is 11.7. The van der Waals surface area contributed by atoms with Crippen molar-refractivity contribution in [3.05, 3.63) is 69.4 Å². The van der Waals surface area contributed by atoms with Crippen molar-refractivity contribution in [1.82, 2.24) is 29.1 Å². The van der Waals surface area contributed by atoms with Crippen LogP contribution in [0.3, 0.4) is 0 Å². The van der Waals surface area contributed by atoms with Crippen molar-refractivity contribution in [2.45, 2.75) is 31.8 Å². The van der Waals surface area contributed by atoms with E-state index >= 15 is 0 Å². The smallest absolute Gasteiger partial charge is 0.306 e. The standard InChI is InChI=1S/C16H16N6O2/c23-15-16(24)21(13-3-1-4-13)10-9-20(15)11-12-5-6-14(19-18-12)22-8-2-7-17-22/h2,5-10,13H,1,3-4,11H2. The number of aromatic nitrogens is 6. The third kappa shape index (κ3) is 2.55. The van der Waals surface area contributed by atoms with Crippen LogP contribution in [0.2, 0.25) is 0 Å². The summed E-state index contributed by atoms with van der Waals surface area (Å²) < 4.78 is 4.52. The van der Waals surface area contributed by atoms with Gasteiger partial charge >= 0.3 is 11.1 Å². The zero-order valence-corrected chi connectivity index (χ0v) is 12.9. The molecule has 1 saturated carbocycles. The van der Waals surface area contributed by atoms with Gasteiger partial charge in [-0.15, -0.1) is 5.10 Å². The molecule has 3 aromatic rings. The molecule has 8 heteroatoms. The zero-order valence-electron chi connectivity index (χ0n) is 12.9. The molecular weight excluding hydrogens is 308 g/mol. The lowest BCUT2D eigenvalue weighted by Gasteiger charge is -2.27. The Labute approximate surface area is 137 Å². The van der Waals surface area contributed by atoms with Gasteiger partial charge in [0, 0.05) is 30.8 Å². The van der Waals surface area contributed by atoms with E-state index in [9.17, 15) is 9.59 Å². The maximum atomic E-state index is 12.3. The van der Waals surface area contributed by atoms with Gasteiger partial charge in [-0.05, 0) is 37.5 Å². The van der Waals surface area contributed by atoms with Gasteiger partial charge < -0.3 is 9.13 Å². The van der Waals surface area contributed by atoms with Crippen molar-refractivity contribution in [1.29, 1.82) is 0 Å². The van der Waals surface area contributed by atoms with Crippen LogP contribution in [0.25, 0.3) is 5.82 Å². The molecule has 0 aliphatic heterocycles. The summed E-state index contributed by atoms with van der Waals surface area (Å²) >= 11 is 0. The predicted octanol–water partition coefficient (Wildman–Crippen LogP) is 0.759. The second-order valence-electron chi connectivity index (χ2n) is 5.86. The summed E-state index contributed by atoms with van der Waals surface area (Å²) in [4.78, 5) is 24.5. The van der Waals surface area contributed by atoms with Gasteiger partial charge in [0.25, 0.3) is 0 Å². The average molecular weight is 324 g/mol. The lowest BCUT2D eigenvalue weighted by molar-refractivity contribution is 0.303. The Balaban J connectivity index is 1.58. The van der Waals surface area contributed by atoms with Crippen LogP contribution in [-0.4, -0.2) is 29.1 Å². The molecule has 4 rings (SSSR count). The maximum absolute atomic E-state index is 12.3. The second-order valence-corrected chi connectivity index (χ2v) is 5.86. The van der Waals surface area contributed by atoms with Crippen molar-refractivity contribution in [3.63, 3.8) is 0 Å². The highest BCUT2D eigenvalue weighted by atomic mass is 16.2. The summed E-state index contributed by atoms with van der Waals surface area (Å²) in [7, 11) is 0. The van der Waals surface area contributed by atoms with Gasteiger partial charge in [0.05, 0.1) is 12.2 Å². The first-order valence-electron chi connectivity index (χ1n) is 7.86. The quantitative estimate of drug-likeness (QED) is 0.661. The van der Waals surface area contributed by atoms with Gasteiger partial charge in [0.1, 0.15) is 0 Å². The summed E-state index contributed by atoms with van der Waals surface area (Å²) in [5.41, 5.74) is -0.389. The van der Waals surface area contributed by atoms with E-state index in [1.54, 1.807) is 52.2 Å². The van der Waals surface area contributed by atoms with Crippen LogP contribution in [0.5, 0.6) is 0 Å². The molecule has 0 bridgehead atoms. The van der Waals surface area contributed by atoms with Crippen LogP contribution in [0.15, 0.2) is 52.6 Å². The first kappa shape index (κ1) is 14.6. The van der Waals surface area contributed by atoms with Crippen molar-refractivity contribution in [2.75, 3.05) is 0 Å². The Morgan fingerprint density at radius 2 is 1.92 bits per heavy atom. The normalized spacial score (nSPS) is 14.5. The predicted molar refractivity (Wildman–Crippen MR) is 86.1 cm³/mol. The number of hydrogen-bond acceptors (Lipinski definition) is 5. The van der Waals surface area contributed by atoms with Crippen molar-refractivity contribution >= 4 is 0 Å². The van der Waals surface area contributed by atoms with Crippen LogP contribution in [0.1, 0.15) is 31.0 Å². The SMILES string of the molecule is O=c1c(=O)n(C2CCC2)ccn1Cc1ccc(-n2cccn2)nn1. The summed E-state index contributed by atoms with van der Waals surface area (Å²) in [6, 6.07) is 5.52. The molecule has 0 saturated heterocycles. The van der Waals surface area contributed by atoms with E-state index in [-0.39, 0.29) is 12.6 Å². The lowest BCUT2D eigenvalue weighted by atomic mass is 9.93. The van der Waals surface area contributed by atoms with E-state index in [0.717, 1.165) is 19.3 Å². The Kier molecular flexibility index (Phi) is 3.56. The minimum absolute atomic E-state index is 0.174. The molecule has 0 amide bonds. The largest absolute Gasteiger partial charge is 0.316 e. The Morgan fingerprint density at radius 1 is 1.04 bits per heavy atom. The third-order valence-corrected chi connectivity index (χ3v) is 4.33. The Hall–Kier alpha value is -3.03. The van der Waals surface area contributed by atoms with E-state index < -0.39 is 11.1 Å². The van der Waals surface area contributed by atoms with E-state index in [0.29, 0.717) is 11.5 Å². The van der Waals surface area contributed by atoms with Crippen molar-refractivity contribution in [3.8, 4) is 5.82 Å². The molecule has 24 heavy (non-hydrogen) atoms. The molecule has 122 valence electrons. The monoisotopic (exact) mass is 324 g/mol. The van der Waals surface area contributed by atoms with Gasteiger partial charge in [-0.25, -0.2) is 4.68 Å². The molecular formula is C16H16N6O2. The van der Waals surface area contributed by atoms with Crippen molar-refractivity contribution in [2.24, 2.45) is 0 Å². The van der Waals surface area contributed by atoms with Crippen LogP contribution >= 0.6 is 0 Å². The zero-order chi connectivity index (χ0) is 16.5. The first-order valence-corrected chi connectivity index (χ1v) is 7.86. The fourth-order valence-corrected chi connectivity index (χ4v) is 2.74. The molecule has 1 aliphatic rings. The van der Waals surface area contributed by atoms with Crippen molar-refractivity contribution < 1.29 is 0 Å². The molecule has 3 heterocycles. The Morgan fingerprint density at radius 3 is 2.54 bits per heavy atom. The number of hydrogen-bond donors (Lipinski definition) is 0. The highest BCUT2D eigenvalue weighted by Gasteiger charge is 2.21. The molecule has 0 atom stereocenters. The minimum Gasteiger partial charge on any atom is -0.306 e. The molecule has 0 N–H and O–H groups in total. The van der Waals surface area contributed by atoms with Crippen LogP contribution in [0.4, 0.5) is 0 Å². The van der Waals surface area contributed by atoms with E-state index in [1.807, 2.05) is 0 Å².